The lowest BCUT2D eigenvalue weighted by atomic mass is 9.78. The Bertz CT molecular complexity index is 767. The van der Waals surface area contributed by atoms with E-state index in [1.54, 1.807) is 6.33 Å². The van der Waals surface area contributed by atoms with Crippen molar-refractivity contribution < 1.29 is 5.11 Å². The number of nitrogens with one attached hydrogen (secondary N) is 1. The van der Waals surface area contributed by atoms with Crippen LogP contribution >= 0.6 is 0 Å². The van der Waals surface area contributed by atoms with Crippen LogP contribution in [-0.4, -0.2) is 55.9 Å². The molecule has 23 heavy (non-hydrogen) atoms. The van der Waals surface area contributed by atoms with Gasteiger partial charge in [-0.15, -0.1) is 0 Å². The summed E-state index contributed by atoms with van der Waals surface area (Å²) in [6, 6.07) is 4.31. The molecule has 4 rings (SSSR count). The van der Waals surface area contributed by atoms with Crippen molar-refractivity contribution in [3.63, 3.8) is 0 Å². The minimum absolute atomic E-state index is 0.0517. The van der Waals surface area contributed by atoms with Gasteiger partial charge in [-0.2, -0.15) is 5.26 Å². The molecule has 2 N–H and O–H groups in total. The SMILES string of the molecule is CC1N(c2ncnc3[nH]ccc23)CCC12CCN2C(O)CC#N. The molecule has 2 fully saturated rings. The fraction of sp³-hybridized carbons (Fsp3) is 0.562. The maximum absolute atomic E-state index is 10.3. The number of hydrogen-bond donors (Lipinski definition) is 2. The number of rotatable bonds is 3. The number of aromatic nitrogens is 3. The second-order valence-corrected chi connectivity index (χ2v) is 6.45. The molecule has 0 aliphatic carbocycles. The number of likely N-dealkylation sites (tertiary alicyclic amines) is 1. The Morgan fingerprint density at radius 1 is 1.48 bits per heavy atom. The number of H-pyrrole nitrogens is 1. The van der Waals surface area contributed by atoms with Gasteiger partial charge in [0.1, 0.15) is 24.0 Å². The predicted octanol–water partition coefficient (Wildman–Crippen LogP) is 1.23. The van der Waals surface area contributed by atoms with Crippen molar-refractivity contribution in [3.05, 3.63) is 18.6 Å². The van der Waals surface area contributed by atoms with E-state index in [0.29, 0.717) is 0 Å². The normalized spacial score (nSPS) is 28.9. The highest BCUT2D eigenvalue weighted by atomic mass is 16.3. The highest BCUT2D eigenvalue weighted by Gasteiger charge is 2.56. The van der Waals surface area contributed by atoms with Crippen molar-refractivity contribution in [1.29, 1.82) is 5.26 Å². The lowest BCUT2D eigenvalue weighted by Crippen LogP contribution is -2.68. The van der Waals surface area contributed by atoms with Crippen LogP contribution in [0.3, 0.4) is 0 Å². The molecule has 2 saturated heterocycles. The van der Waals surface area contributed by atoms with E-state index in [9.17, 15) is 5.11 Å². The zero-order valence-corrected chi connectivity index (χ0v) is 13.1. The van der Waals surface area contributed by atoms with E-state index in [-0.39, 0.29) is 18.0 Å². The monoisotopic (exact) mass is 312 g/mol. The Morgan fingerprint density at radius 3 is 3.04 bits per heavy atom. The number of aliphatic hydroxyl groups excluding tert-OH is 1. The molecule has 1 spiro atoms. The van der Waals surface area contributed by atoms with Gasteiger partial charge in [0.05, 0.1) is 17.9 Å². The van der Waals surface area contributed by atoms with E-state index >= 15 is 0 Å². The summed E-state index contributed by atoms with van der Waals surface area (Å²) in [5, 5.41) is 20.1. The Hall–Kier alpha value is -2.17. The van der Waals surface area contributed by atoms with Gasteiger partial charge in [0.2, 0.25) is 0 Å². The minimum Gasteiger partial charge on any atom is -0.377 e. The molecule has 3 unspecified atom stereocenters. The average molecular weight is 312 g/mol. The maximum atomic E-state index is 10.3. The number of fused-ring (bicyclic) bond motifs is 1. The highest BCUT2D eigenvalue weighted by Crippen LogP contribution is 2.46. The molecule has 0 amide bonds. The summed E-state index contributed by atoms with van der Waals surface area (Å²) < 4.78 is 0. The first-order valence-electron chi connectivity index (χ1n) is 8.04. The van der Waals surface area contributed by atoms with E-state index in [1.807, 2.05) is 12.3 Å². The van der Waals surface area contributed by atoms with Crippen LogP contribution in [0, 0.1) is 11.3 Å². The van der Waals surface area contributed by atoms with Gasteiger partial charge in [-0.05, 0) is 25.8 Å². The van der Waals surface area contributed by atoms with Crippen LogP contribution in [0.2, 0.25) is 0 Å². The predicted molar refractivity (Wildman–Crippen MR) is 85.6 cm³/mol. The van der Waals surface area contributed by atoms with Crippen LogP contribution in [0.25, 0.3) is 11.0 Å². The van der Waals surface area contributed by atoms with Crippen molar-refractivity contribution in [2.75, 3.05) is 18.0 Å². The first-order valence-corrected chi connectivity index (χ1v) is 8.04. The number of anilines is 1. The van der Waals surface area contributed by atoms with Gasteiger partial charge in [-0.25, -0.2) is 9.97 Å². The fourth-order valence-corrected chi connectivity index (χ4v) is 4.27. The molecule has 2 aromatic rings. The topological polar surface area (TPSA) is 92.1 Å². The van der Waals surface area contributed by atoms with Gasteiger partial charge < -0.3 is 15.0 Å². The molecule has 0 radical (unpaired) electrons. The van der Waals surface area contributed by atoms with Gasteiger partial charge in [-0.3, -0.25) is 4.90 Å². The third-order valence-corrected chi connectivity index (χ3v) is 5.63. The summed E-state index contributed by atoms with van der Waals surface area (Å²) in [5.41, 5.74) is 0.794. The Labute approximate surface area is 134 Å². The van der Waals surface area contributed by atoms with E-state index in [2.05, 4.69) is 37.7 Å². The summed E-state index contributed by atoms with van der Waals surface area (Å²) in [4.78, 5) is 16.3. The molecule has 3 atom stereocenters. The summed E-state index contributed by atoms with van der Waals surface area (Å²) in [6.07, 6.45) is 4.99. The van der Waals surface area contributed by atoms with Crippen LogP contribution < -0.4 is 4.90 Å². The molecular weight excluding hydrogens is 292 g/mol. The molecule has 7 nitrogen and oxygen atoms in total. The molecule has 2 aromatic heterocycles. The third-order valence-electron chi connectivity index (χ3n) is 5.63. The lowest BCUT2D eigenvalue weighted by Gasteiger charge is -2.55. The molecule has 0 bridgehead atoms. The van der Waals surface area contributed by atoms with Gasteiger partial charge in [0.25, 0.3) is 0 Å². The molecule has 2 aliphatic heterocycles. The van der Waals surface area contributed by atoms with Gasteiger partial charge in [-0.1, -0.05) is 0 Å². The maximum Gasteiger partial charge on any atom is 0.142 e. The number of nitriles is 1. The van der Waals surface area contributed by atoms with Crippen LogP contribution in [0.15, 0.2) is 18.6 Å². The Morgan fingerprint density at radius 2 is 2.30 bits per heavy atom. The average Bonchev–Trinajstić information content (AvgIpc) is 3.11. The van der Waals surface area contributed by atoms with Gasteiger partial charge >= 0.3 is 0 Å². The number of aliphatic hydroxyl groups is 1. The van der Waals surface area contributed by atoms with E-state index < -0.39 is 6.23 Å². The molecule has 4 heterocycles. The molecule has 120 valence electrons. The molecule has 7 heteroatoms. The van der Waals surface area contributed by atoms with Crippen molar-refractivity contribution in [1.82, 2.24) is 19.9 Å². The minimum atomic E-state index is -0.672. The number of hydrogen-bond acceptors (Lipinski definition) is 6. The lowest BCUT2D eigenvalue weighted by molar-refractivity contribution is -0.130. The van der Waals surface area contributed by atoms with E-state index in [0.717, 1.165) is 42.8 Å². The Kier molecular flexibility index (Phi) is 3.25. The first-order chi connectivity index (χ1) is 11.2. The molecular formula is C16H20N6O. The van der Waals surface area contributed by atoms with Crippen molar-refractivity contribution in [2.45, 2.75) is 44.0 Å². The first kappa shape index (κ1) is 14.4. The molecule has 0 aromatic carbocycles. The standard InChI is InChI=1S/C16H20N6O/c1-11-16(5-9-22(16)13(23)2-6-17)4-8-21(11)15-12-3-7-18-14(12)19-10-20-15/h3,7,10-11,13,23H,2,4-5,8-9H2,1H3,(H,18,19,20). The van der Waals surface area contributed by atoms with Crippen molar-refractivity contribution >= 4 is 16.9 Å². The van der Waals surface area contributed by atoms with Crippen LogP contribution in [-0.2, 0) is 0 Å². The number of aromatic amines is 1. The largest absolute Gasteiger partial charge is 0.377 e. The summed E-state index contributed by atoms with van der Waals surface area (Å²) >= 11 is 0. The second kappa shape index (κ2) is 5.18. The smallest absolute Gasteiger partial charge is 0.142 e. The van der Waals surface area contributed by atoms with Crippen LogP contribution in [0.1, 0.15) is 26.2 Å². The summed E-state index contributed by atoms with van der Waals surface area (Å²) in [7, 11) is 0. The molecule has 2 aliphatic rings. The van der Waals surface area contributed by atoms with Gasteiger partial charge in [0.15, 0.2) is 0 Å². The van der Waals surface area contributed by atoms with Crippen molar-refractivity contribution in [3.8, 4) is 6.07 Å². The summed E-state index contributed by atoms with van der Waals surface area (Å²) in [6.45, 7) is 3.94. The van der Waals surface area contributed by atoms with Crippen LogP contribution in [0.5, 0.6) is 0 Å². The summed E-state index contributed by atoms with van der Waals surface area (Å²) in [5.74, 6) is 0.947. The quantitative estimate of drug-likeness (QED) is 0.886. The van der Waals surface area contributed by atoms with Crippen molar-refractivity contribution in [2.24, 2.45) is 0 Å². The zero-order chi connectivity index (χ0) is 16.0. The van der Waals surface area contributed by atoms with E-state index in [1.165, 1.54) is 0 Å². The fourth-order valence-electron chi connectivity index (χ4n) is 4.27. The van der Waals surface area contributed by atoms with E-state index in [4.69, 9.17) is 5.26 Å². The molecule has 0 saturated carbocycles. The third kappa shape index (κ3) is 1.95. The van der Waals surface area contributed by atoms with Gasteiger partial charge in [0, 0.05) is 30.9 Å². The second-order valence-electron chi connectivity index (χ2n) is 6.45. The Balaban J connectivity index is 1.64. The highest BCUT2D eigenvalue weighted by molar-refractivity contribution is 5.87. The zero-order valence-electron chi connectivity index (χ0n) is 13.1. The number of nitrogens with zero attached hydrogens (tertiary/aromatic N) is 5. The van der Waals surface area contributed by atoms with Crippen LogP contribution in [0.4, 0.5) is 5.82 Å².